The molecule has 0 amide bonds. The quantitative estimate of drug-likeness (QED) is 0.393. The van der Waals surface area contributed by atoms with Gasteiger partial charge in [0.25, 0.3) is 0 Å². The Morgan fingerprint density at radius 3 is 1.91 bits per heavy atom. The number of nitrogens with zero attached hydrogens (tertiary/aromatic N) is 1. The van der Waals surface area contributed by atoms with Crippen LogP contribution in [0.2, 0.25) is 0 Å². The Morgan fingerprint density at radius 2 is 1.41 bits per heavy atom. The second kappa shape index (κ2) is 13.7. The van der Waals surface area contributed by atoms with E-state index < -0.39 is 5.97 Å². The number of rotatable bonds is 9. The van der Waals surface area contributed by atoms with E-state index in [1.807, 2.05) is 0 Å². The van der Waals surface area contributed by atoms with Gasteiger partial charge in [0, 0.05) is 31.5 Å². The summed E-state index contributed by atoms with van der Waals surface area (Å²) in [6.45, 7) is 2.43. The van der Waals surface area contributed by atoms with Crippen LogP contribution in [0.5, 0.6) is 5.75 Å². The van der Waals surface area contributed by atoms with E-state index in [0.717, 1.165) is 30.4 Å². The lowest BCUT2D eigenvalue weighted by Crippen LogP contribution is -2.48. The van der Waals surface area contributed by atoms with Crippen molar-refractivity contribution in [2.24, 2.45) is 17.8 Å². The molecule has 5 heteroatoms. The van der Waals surface area contributed by atoms with E-state index in [0.29, 0.717) is 12.0 Å². The van der Waals surface area contributed by atoms with E-state index in [4.69, 9.17) is 4.74 Å². The predicted molar refractivity (Wildman–Crippen MR) is 141 cm³/mol. The summed E-state index contributed by atoms with van der Waals surface area (Å²) in [7, 11) is 1.71. The first-order valence-electron chi connectivity index (χ1n) is 13.7. The van der Waals surface area contributed by atoms with Crippen LogP contribution >= 0.6 is 12.4 Å². The van der Waals surface area contributed by atoms with Crippen molar-refractivity contribution in [2.45, 2.75) is 102 Å². The summed E-state index contributed by atoms with van der Waals surface area (Å²) in [5.41, 5.74) is 1.31. The molecule has 0 radical (unpaired) electrons. The number of benzene rings is 1. The van der Waals surface area contributed by atoms with Crippen LogP contribution in [0.25, 0.3) is 0 Å². The summed E-state index contributed by atoms with van der Waals surface area (Å²) in [6, 6.07) is 8.99. The van der Waals surface area contributed by atoms with Crippen molar-refractivity contribution >= 4 is 18.4 Å². The molecule has 0 aromatic heterocycles. The highest BCUT2D eigenvalue weighted by Gasteiger charge is 2.39. The summed E-state index contributed by atoms with van der Waals surface area (Å²) < 4.78 is 5.42. The molecule has 0 saturated heterocycles. The molecule has 1 N–H and O–H groups in total. The highest BCUT2D eigenvalue weighted by atomic mass is 35.5. The fourth-order valence-corrected chi connectivity index (χ4v) is 7.19. The van der Waals surface area contributed by atoms with Gasteiger partial charge in [-0.15, -0.1) is 12.4 Å². The third kappa shape index (κ3) is 7.37. The van der Waals surface area contributed by atoms with Gasteiger partial charge in [0.15, 0.2) is 0 Å². The van der Waals surface area contributed by atoms with Crippen LogP contribution in [0.1, 0.15) is 101 Å². The van der Waals surface area contributed by atoms with Crippen LogP contribution in [-0.2, 0) is 4.79 Å². The lowest BCUT2D eigenvalue weighted by Gasteiger charge is -2.47. The van der Waals surface area contributed by atoms with Crippen LogP contribution in [0, 0.1) is 17.8 Å². The molecule has 0 unspecified atom stereocenters. The molecular formula is C29H46ClNO3. The van der Waals surface area contributed by atoms with E-state index in [9.17, 15) is 9.90 Å². The topological polar surface area (TPSA) is 49.8 Å². The number of aliphatic carboxylic acids is 1. The lowest BCUT2D eigenvalue weighted by molar-refractivity contribution is -0.138. The van der Waals surface area contributed by atoms with Crippen LogP contribution < -0.4 is 4.74 Å². The van der Waals surface area contributed by atoms with Gasteiger partial charge in [-0.1, -0.05) is 57.1 Å². The second-order valence-electron chi connectivity index (χ2n) is 11.1. The zero-order valence-electron chi connectivity index (χ0n) is 21.1. The monoisotopic (exact) mass is 491 g/mol. The molecule has 3 fully saturated rings. The Bertz CT molecular complexity index is 707. The Balaban J connectivity index is 0.00000324. The number of carbonyl (C=O) groups is 1. The number of carboxylic acid groups (broad SMARTS) is 1. The number of hydrogen-bond donors (Lipinski definition) is 1. The fraction of sp³-hybridized carbons (Fsp3) is 0.759. The molecule has 3 saturated carbocycles. The van der Waals surface area contributed by atoms with Gasteiger partial charge in [0.2, 0.25) is 0 Å². The Labute approximate surface area is 213 Å². The SMILES string of the molecule is COc1ccc([C@@H]2[C@@H](CC(=O)O)CCC[C@H]2N(CC2CCCCC2)CC2CCCCC2)cc1.Cl. The molecule has 0 bridgehead atoms. The largest absolute Gasteiger partial charge is 0.497 e. The van der Waals surface area contributed by atoms with Crippen molar-refractivity contribution < 1.29 is 14.6 Å². The first-order valence-corrected chi connectivity index (χ1v) is 13.7. The summed E-state index contributed by atoms with van der Waals surface area (Å²) in [6.07, 6.45) is 17.5. The normalized spacial score (nSPS) is 26.7. The fourth-order valence-electron chi connectivity index (χ4n) is 7.19. The number of carboxylic acids is 1. The van der Waals surface area contributed by atoms with Crippen LogP contribution in [0.3, 0.4) is 0 Å². The van der Waals surface area contributed by atoms with Crippen molar-refractivity contribution in [1.82, 2.24) is 4.90 Å². The van der Waals surface area contributed by atoms with Gasteiger partial charge in [-0.2, -0.15) is 0 Å². The zero-order valence-corrected chi connectivity index (χ0v) is 21.9. The maximum absolute atomic E-state index is 11.8. The molecular weight excluding hydrogens is 446 g/mol. The Morgan fingerprint density at radius 1 is 0.853 bits per heavy atom. The highest BCUT2D eigenvalue weighted by molar-refractivity contribution is 5.85. The summed E-state index contributed by atoms with van der Waals surface area (Å²) in [5.74, 6) is 2.38. The molecule has 0 aliphatic heterocycles. The van der Waals surface area contributed by atoms with Crippen molar-refractivity contribution in [1.29, 1.82) is 0 Å². The molecule has 3 aliphatic carbocycles. The molecule has 0 heterocycles. The first-order chi connectivity index (χ1) is 16.1. The Hall–Kier alpha value is -1.26. The van der Waals surface area contributed by atoms with Crippen LogP contribution in [0.15, 0.2) is 24.3 Å². The summed E-state index contributed by atoms with van der Waals surface area (Å²) in [4.78, 5) is 14.7. The molecule has 0 spiro atoms. The zero-order chi connectivity index (χ0) is 23.0. The van der Waals surface area contributed by atoms with Gasteiger partial charge in [-0.3, -0.25) is 9.69 Å². The molecule has 3 aliphatic rings. The number of hydrogen-bond acceptors (Lipinski definition) is 3. The van der Waals surface area contributed by atoms with Crippen LogP contribution in [-0.4, -0.2) is 42.2 Å². The molecule has 34 heavy (non-hydrogen) atoms. The third-order valence-electron chi connectivity index (χ3n) is 8.84. The van der Waals surface area contributed by atoms with E-state index in [-0.39, 0.29) is 24.7 Å². The minimum absolute atomic E-state index is 0. The molecule has 1 aromatic carbocycles. The van der Waals surface area contributed by atoms with Gasteiger partial charge in [0.05, 0.1) is 7.11 Å². The van der Waals surface area contributed by atoms with Gasteiger partial charge in [-0.25, -0.2) is 0 Å². The van der Waals surface area contributed by atoms with Crippen molar-refractivity contribution in [3.8, 4) is 5.75 Å². The minimum atomic E-state index is -0.648. The van der Waals surface area contributed by atoms with Gasteiger partial charge in [0.1, 0.15) is 5.75 Å². The van der Waals surface area contributed by atoms with Crippen molar-refractivity contribution in [2.75, 3.05) is 20.2 Å². The smallest absolute Gasteiger partial charge is 0.303 e. The summed E-state index contributed by atoms with van der Waals surface area (Å²) in [5, 5.41) is 9.73. The van der Waals surface area contributed by atoms with Crippen LogP contribution in [0.4, 0.5) is 0 Å². The first kappa shape index (κ1) is 27.3. The number of ether oxygens (including phenoxy) is 1. The maximum atomic E-state index is 11.8. The Kier molecular flexibility index (Phi) is 11.0. The van der Waals surface area contributed by atoms with Gasteiger partial charge >= 0.3 is 5.97 Å². The van der Waals surface area contributed by atoms with E-state index in [1.54, 1.807) is 7.11 Å². The summed E-state index contributed by atoms with van der Waals surface area (Å²) >= 11 is 0. The molecule has 1 aromatic rings. The van der Waals surface area contributed by atoms with E-state index >= 15 is 0 Å². The second-order valence-corrected chi connectivity index (χ2v) is 11.1. The van der Waals surface area contributed by atoms with E-state index in [1.165, 1.54) is 89.3 Å². The highest BCUT2D eigenvalue weighted by Crippen LogP contribution is 2.44. The maximum Gasteiger partial charge on any atom is 0.303 e. The van der Waals surface area contributed by atoms with Crippen molar-refractivity contribution in [3.63, 3.8) is 0 Å². The third-order valence-corrected chi connectivity index (χ3v) is 8.84. The number of halogens is 1. The minimum Gasteiger partial charge on any atom is -0.497 e. The van der Waals surface area contributed by atoms with E-state index in [2.05, 4.69) is 29.2 Å². The number of methoxy groups -OCH3 is 1. The molecule has 192 valence electrons. The van der Waals surface area contributed by atoms with Crippen molar-refractivity contribution in [3.05, 3.63) is 29.8 Å². The average Bonchev–Trinajstić information content (AvgIpc) is 2.84. The van der Waals surface area contributed by atoms with Gasteiger partial charge < -0.3 is 9.84 Å². The molecule has 3 atom stereocenters. The standard InChI is InChI=1S/C29H45NO3.ClH/c1-33-26-17-15-24(16-18-26)29-25(19-28(31)32)13-8-14-27(29)30(20-22-9-4-2-5-10-22)21-23-11-6-3-7-12-23;/h15-18,22-23,25,27,29H,2-14,19-21H2,1H3,(H,31,32);1H/t25-,27-,29-;/m1./s1. The molecule has 4 rings (SSSR count). The molecule has 4 nitrogen and oxygen atoms in total. The average molecular weight is 492 g/mol. The van der Waals surface area contributed by atoms with Gasteiger partial charge in [-0.05, 0) is 74.0 Å². The predicted octanol–water partition coefficient (Wildman–Crippen LogP) is 7.31. The lowest BCUT2D eigenvalue weighted by atomic mass is 9.70.